The van der Waals surface area contributed by atoms with E-state index in [1.54, 1.807) is 4.57 Å². The minimum Gasteiger partial charge on any atom is -0.471 e. The van der Waals surface area contributed by atoms with Crippen LogP contribution in [0.15, 0.2) is 65.4 Å². The second-order valence-electron chi connectivity index (χ2n) is 8.05. The van der Waals surface area contributed by atoms with E-state index in [0.717, 1.165) is 11.1 Å². The molecule has 0 saturated heterocycles. The molecule has 0 aliphatic rings. The van der Waals surface area contributed by atoms with Crippen molar-refractivity contribution < 1.29 is 23.8 Å². The molecule has 0 aliphatic carbocycles. The lowest BCUT2D eigenvalue weighted by molar-refractivity contribution is -0.142. The van der Waals surface area contributed by atoms with E-state index in [1.807, 2.05) is 60.7 Å². The number of ether oxygens (including phenoxy) is 3. The van der Waals surface area contributed by atoms with Crippen molar-refractivity contribution in [1.29, 1.82) is 0 Å². The molecule has 0 aliphatic heterocycles. The van der Waals surface area contributed by atoms with Gasteiger partial charge >= 0.3 is 5.97 Å². The summed E-state index contributed by atoms with van der Waals surface area (Å²) in [5.41, 5.74) is 2.72. The number of rotatable bonds is 11. The highest BCUT2D eigenvalue weighted by Crippen LogP contribution is 2.29. The summed E-state index contributed by atoms with van der Waals surface area (Å²) < 4.78 is 18.8. The monoisotopic (exact) mass is 567 g/mol. The van der Waals surface area contributed by atoms with E-state index in [2.05, 4.69) is 30.9 Å². The lowest BCUT2D eigenvalue weighted by Crippen LogP contribution is -2.30. The average molecular weight is 568 g/mol. The molecule has 0 fully saturated rings. The lowest BCUT2D eigenvalue weighted by atomic mass is 10.2. The number of anilines is 1. The summed E-state index contributed by atoms with van der Waals surface area (Å²) in [4.78, 5) is 39.0. The Morgan fingerprint density at radius 1 is 0.919 bits per heavy atom. The van der Waals surface area contributed by atoms with Gasteiger partial charge in [-0.3, -0.25) is 19.1 Å². The standard InChI is InChI=1S/C26H26BrN5O5/c1-18(33)31(15-20-9-5-3-6-10-20)26-29-23-22(24(30-26)37-16-21-11-7-4-8-12-21)28-25(27)32(23)17-35-13-14-36-19(2)34/h3-12H,13-17H2,1-2H3. The van der Waals surface area contributed by atoms with Crippen LogP contribution < -0.4 is 9.64 Å². The Hall–Kier alpha value is -3.83. The van der Waals surface area contributed by atoms with Crippen molar-refractivity contribution in [2.75, 3.05) is 18.1 Å². The number of benzene rings is 2. The quantitative estimate of drug-likeness (QED) is 0.150. The molecule has 2 heterocycles. The van der Waals surface area contributed by atoms with Gasteiger partial charge in [-0.1, -0.05) is 60.7 Å². The lowest BCUT2D eigenvalue weighted by Gasteiger charge is -2.20. The van der Waals surface area contributed by atoms with Crippen molar-refractivity contribution in [3.8, 4) is 5.88 Å². The summed E-state index contributed by atoms with van der Waals surface area (Å²) in [6.07, 6.45) is 0. The van der Waals surface area contributed by atoms with Gasteiger partial charge in [0, 0.05) is 13.8 Å². The second-order valence-corrected chi connectivity index (χ2v) is 8.76. The molecule has 2 aromatic heterocycles. The van der Waals surface area contributed by atoms with Crippen LogP contribution in [0.25, 0.3) is 11.2 Å². The van der Waals surface area contributed by atoms with E-state index >= 15 is 0 Å². The van der Waals surface area contributed by atoms with Gasteiger partial charge < -0.3 is 14.2 Å². The SMILES string of the molecule is CC(=O)OCCOCn1c(Br)nc2c(OCc3ccccc3)nc(N(Cc3ccccc3)C(C)=O)nc21. The van der Waals surface area contributed by atoms with Crippen molar-refractivity contribution in [2.24, 2.45) is 0 Å². The smallest absolute Gasteiger partial charge is 0.302 e. The van der Waals surface area contributed by atoms with Gasteiger partial charge in [0.15, 0.2) is 15.9 Å². The number of esters is 1. The number of hydrogen-bond donors (Lipinski definition) is 0. The van der Waals surface area contributed by atoms with Gasteiger partial charge in [0.05, 0.1) is 13.2 Å². The number of fused-ring (bicyclic) bond motifs is 1. The number of hydrogen-bond acceptors (Lipinski definition) is 8. The molecular formula is C26H26BrN5O5. The molecule has 37 heavy (non-hydrogen) atoms. The molecule has 0 atom stereocenters. The van der Waals surface area contributed by atoms with Gasteiger partial charge in [0.25, 0.3) is 0 Å². The van der Waals surface area contributed by atoms with Crippen molar-refractivity contribution >= 4 is 44.9 Å². The number of carbonyl (C=O) groups is 2. The number of carbonyl (C=O) groups excluding carboxylic acids is 2. The molecule has 0 N–H and O–H groups in total. The predicted octanol–water partition coefficient (Wildman–Crippen LogP) is 4.26. The first-order valence-electron chi connectivity index (χ1n) is 11.6. The second kappa shape index (κ2) is 12.4. The largest absolute Gasteiger partial charge is 0.471 e. The Bertz CT molecular complexity index is 1360. The molecule has 192 valence electrons. The Morgan fingerprint density at radius 2 is 1.59 bits per heavy atom. The number of halogens is 1. The van der Waals surface area contributed by atoms with Crippen molar-refractivity contribution in [3.05, 3.63) is 76.5 Å². The maximum Gasteiger partial charge on any atom is 0.302 e. The molecule has 0 saturated carbocycles. The van der Waals surface area contributed by atoms with E-state index in [9.17, 15) is 9.59 Å². The molecule has 2 aromatic carbocycles. The zero-order chi connectivity index (χ0) is 26.2. The van der Waals surface area contributed by atoms with Gasteiger partial charge in [0.1, 0.15) is 19.9 Å². The van der Waals surface area contributed by atoms with Crippen LogP contribution in [0, 0.1) is 0 Å². The first-order valence-corrected chi connectivity index (χ1v) is 12.4. The van der Waals surface area contributed by atoms with Crippen LogP contribution >= 0.6 is 15.9 Å². The molecule has 1 amide bonds. The van der Waals surface area contributed by atoms with Crippen molar-refractivity contribution in [1.82, 2.24) is 19.5 Å². The van der Waals surface area contributed by atoms with Gasteiger partial charge in [-0.05, 0) is 27.1 Å². The van der Waals surface area contributed by atoms with Crippen LogP contribution in [0.4, 0.5) is 5.95 Å². The third-order valence-corrected chi connectivity index (χ3v) is 5.89. The first-order chi connectivity index (χ1) is 17.9. The molecule has 0 radical (unpaired) electrons. The van der Waals surface area contributed by atoms with Gasteiger partial charge in [-0.15, -0.1) is 0 Å². The van der Waals surface area contributed by atoms with Crippen LogP contribution in [-0.4, -0.2) is 44.6 Å². The maximum atomic E-state index is 12.7. The summed E-state index contributed by atoms with van der Waals surface area (Å²) in [5, 5.41) is 0. The zero-order valence-electron chi connectivity index (χ0n) is 20.5. The van der Waals surface area contributed by atoms with Crippen LogP contribution in [-0.2, 0) is 38.9 Å². The zero-order valence-corrected chi connectivity index (χ0v) is 22.1. The Kier molecular flexibility index (Phi) is 8.81. The molecule has 4 rings (SSSR count). The molecule has 10 nitrogen and oxygen atoms in total. The summed E-state index contributed by atoms with van der Waals surface area (Å²) >= 11 is 3.46. The maximum absolute atomic E-state index is 12.7. The topological polar surface area (TPSA) is 109 Å². The highest BCUT2D eigenvalue weighted by atomic mass is 79.9. The molecule has 4 aromatic rings. The molecular weight excluding hydrogens is 542 g/mol. The summed E-state index contributed by atoms with van der Waals surface area (Å²) in [6, 6.07) is 19.3. The van der Waals surface area contributed by atoms with Crippen molar-refractivity contribution in [3.63, 3.8) is 0 Å². The Morgan fingerprint density at radius 3 is 2.24 bits per heavy atom. The molecule has 0 spiro atoms. The van der Waals surface area contributed by atoms with E-state index < -0.39 is 0 Å². The van der Waals surface area contributed by atoms with Crippen LogP contribution in [0.2, 0.25) is 0 Å². The summed E-state index contributed by atoms with van der Waals surface area (Å²) in [7, 11) is 0. The Labute approximate surface area is 222 Å². The summed E-state index contributed by atoms with van der Waals surface area (Å²) in [6.45, 7) is 3.74. The fraction of sp³-hybridized carbons (Fsp3) is 0.269. The fourth-order valence-corrected chi connectivity index (χ4v) is 3.94. The van der Waals surface area contributed by atoms with Crippen LogP contribution in [0.3, 0.4) is 0 Å². The highest BCUT2D eigenvalue weighted by molar-refractivity contribution is 9.10. The number of aromatic nitrogens is 4. The highest BCUT2D eigenvalue weighted by Gasteiger charge is 2.23. The first kappa shape index (κ1) is 26.2. The minimum atomic E-state index is -0.377. The van der Waals surface area contributed by atoms with Crippen LogP contribution in [0.1, 0.15) is 25.0 Å². The average Bonchev–Trinajstić information content (AvgIpc) is 3.21. The predicted molar refractivity (Wildman–Crippen MR) is 140 cm³/mol. The number of imidazole rings is 1. The van der Waals surface area contributed by atoms with Crippen molar-refractivity contribution in [2.45, 2.75) is 33.7 Å². The van der Waals surface area contributed by atoms with Gasteiger partial charge in [-0.2, -0.15) is 9.97 Å². The van der Waals surface area contributed by atoms with Gasteiger partial charge in [-0.25, -0.2) is 4.98 Å². The number of amides is 1. The molecule has 11 heteroatoms. The van der Waals surface area contributed by atoms with E-state index in [1.165, 1.54) is 18.7 Å². The van der Waals surface area contributed by atoms with Gasteiger partial charge in [0.2, 0.25) is 17.7 Å². The van der Waals surface area contributed by atoms with E-state index in [4.69, 9.17) is 14.2 Å². The molecule has 0 unspecified atom stereocenters. The summed E-state index contributed by atoms with van der Waals surface area (Å²) in [5.74, 6) is -0.179. The normalized spacial score (nSPS) is 10.9. The minimum absolute atomic E-state index is 0.0751. The van der Waals surface area contributed by atoms with Crippen LogP contribution in [0.5, 0.6) is 5.88 Å². The third kappa shape index (κ3) is 6.89. The Balaban J connectivity index is 1.69. The van der Waals surface area contributed by atoms with E-state index in [-0.39, 0.29) is 56.8 Å². The third-order valence-electron chi connectivity index (χ3n) is 5.28. The molecule has 0 bridgehead atoms. The fourth-order valence-electron chi connectivity index (χ4n) is 3.49. The number of nitrogens with zero attached hydrogens (tertiary/aromatic N) is 5. The van der Waals surface area contributed by atoms with E-state index in [0.29, 0.717) is 15.9 Å².